The second kappa shape index (κ2) is 8.36. The molecule has 2 fully saturated rings. The van der Waals surface area contributed by atoms with Crippen LogP contribution in [0.3, 0.4) is 0 Å². The molecule has 0 N–H and O–H groups in total. The van der Waals surface area contributed by atoms with E-state index >= 15 is 0 Å². The van der Waals surface area contributed by atoms with Crippen LogP contribution in [0.5, 0.6) is 11.5 Å². The molecule has 0 aliphatic heterocycles. The third-order valence-electron chi connectivity index (χ3n) is 5.53. The molecule has 0 spiro atoms. The minimum absolute atomic E-state index is 0.185. The largest absolute Gasteiger partial charge is 0.573 e. The SMILES string of the molecule is Cc1c(/C=C/C2CCCC2)ccc(OCC2CCCC2)c1OC(F)(F)F. The molecule has 26 heavy (non-hydrogen) atoms. The Hall–Kier alpha value is -1.65. The highest BCUT2D eigenvalue weighted by atomic mass is 19.4. The zero-order valence-corrected chi connectivity index (χ0v) is 15.3. The molecule has 1 aromatic carbocycles. The first kappa shape index (κ1) is 19.1. The molecular weight excluding hydrogens is 341 g/mol. The highest BCUT2D eigenvalue weighted by Crippen LogP contribution is 2.39. The van der Waals surface area contributed by atoms with Crippen molar-refractivity contribution in [1.82, 2.24) is 0 Å². The van der Waals surface area contributed by atoms with Crippen molar-refractivity contribution < 1.29 is 22.6 Å². The third-order valence-corrected chi connectivity index (χ3v) is 5.53. The molecule has 2 aliphatic rings. The Morgan fingerprint density at radius 2 is 1.69 bits per heavy atom. The van der Waals surface area contributed by atoms with Gasteiger partial charge < -0.3 is 9.47 Å². The lowest BCUT2D eigenvalue weighted by atomic mass is 10.0. The molecule has 0 saturated heterocycles. The number of alkyl halides is 3. The molecule has 5 heteroatoms. The summed E-state index contributed by atoms with van der Waals surface area (Å²) in [7, 11) is 0. The molecular formula is C21H27F3O2. The summed E-state index contributed by atoms with van der Waals surface area (Å²) >= 11 is 0. The standard InChI is InChI=1S/C21H27F3O2/c1-15-18(11-10-16-6-2-3-7-16)12-13-19(20(15)26-21(22,23)24)25-14-17-8-4-5-9-17/h10-13,16-17H,2-9,14H2,1H3/b11-10+. The smallest absolute Gasteiger partial charge is 0.489 e. The van der Waals surface area contributed by atoms with Gasteiger partial charge in [0.15, 0.2) is 11.5 Å². The average molecular weight is 368 g/mol. The second-order valence-corrected chi connectivity index (χ2v) is 7.52. The Morgan fingerprint density at radius 3 is 2.35 bits per heavy atom. The Kier molecular flexibility index (Phi) is 6.15. The zero-order chi connectivity index (χ0) is 18.6. The maximum atomic E-state index is 12.9. The molecule has 0 heterocycles. The van der Waals surface area contributed by atoms with Crippen LogP contribution in [0.4, 0.5) is 13.2 Å². The summed E-state index contributed by atoms with van der Waals surface area (Å²) in [5.74, 6) is 0.935. The highest BCUT2D eigenvalue weighted by molar-refractivity contribution is 5.62. The lowest BCUT2D eigenvalue weighted by Crippen LogP contribution is -2.19. The second-order valence-electron chi connectivity index (χ2n) is 7.52. The summed E-state index contributed by atoms with van der Waals surface area (Å²) < 4.78 is 48.8. The average Bonchev–Trinajstić information content (AvgIpc) is 3.26. The molecule has 3 rings (SSSR count). The van der Waals surface area contributed by atoms with E-state index in [1.54, 1.807) is 13.0 Å². The molecule has 144 valence electrons. The molecule has 2 nitrogen and oxygen atoms in total. The van der Waals surface area contributed by atoms with Gasteiger partial charge >= 0.3 is 6.36 Å². The Labute approximate surface area is 153 Å². The van der Waals surface area contributed by atoms with Crippen LogP contribution in [0.2, 0.25) is 0 Å². The van der Waals surface area contributed by atoms with E-state index in [9.17, 15) is 13.2 Å². The van der Waals surface area contributed by atoms with E-state index in [2.05, 4.69) is 10.8 Å². The molecule has 0 radical (unpaired) electrons. The number of halogens is 3. The Bertz CT molecular complexity index is 625. The van der Waals surface area contributed by atoms with Crippen molar-refractivity contribution in [2.24, 2.45) is 11.8 Å². The van der Waals surface area contributed by atoms with Gasteiger partial charge in [-0.3, -0.25) is 0 Å². The van der Waals surface area contributed by atoms with Crippen LogP contribution in [0, 0.1) is 18.8 Å². The zero-order valence-electron chi connectivity index (χ0n) is 15.3. The summed E-state index contributed by atoms with van der Waals surface area (Å²) in [6.07, 6.45) is 8.58. The fourth-order valence-corrected chi connectivity index (χ4v) is 3.99. The van der Waals surface area contributed by atoms with E-state index in [1.165, 1.54) is 25.7 Å². The van der Waals surface area contributed by atoms with Gasteiger partial charge in [-0.1, -0.05) is 43.9 Å². The third kappa shape index (κ3) is 5.18. The lowest BCUT2D eigenvalue weighted by Gasteiger charge is -2.19. The number of rotatable bonds is 6. The predicted molar refractivity (Wildman–Crippen MR) is 96.3 cm³/mol. The predicted octanol–water partition coefficient (Wildman–Crippen LogP) is 6.67. The molecule has 2 aliphatic carbocycles. The number of hydrogen-bond donors (Lipinski definition) is 0. The van der Waals surface area contributed by atoms with Crippen LogP contribution in [0.25, 0.3) is 6.08 Å². The maximum absolute atomic E-state index is 12.9. The van der Waals surface area contributed by atoms with Gasteiger partial charge in [-0.2, -0.15) is 0 Å². The van der Waals surface area contributed by atoms with Crippen LogP contribution in [0.15, 0.2) is 18.2 Å². The van der Waals surface area contributed by atoms with E-state index in [0.717, 1.165) is 31.2 Å². The van der Waals surface area contributed by atoms with Crippen molar-refractivity contribution in [1.29, 1.82) is 0 Å². The van der Waals surface area contributed by atoms with Crippen LogP contribution in [0.1, 0.15) is 62.5 Å². The van der Waals surface area contributed by atoms with Crippen LogP contribution in [-0.4, -0.2) is 13.0 Å². The normalized spacial score (nSPS) is 19.5. The van der Waals surface area contributed by atoms with Gasteiger partial charge in [0.1, 0.15) is 0 Å². The fourth-order valence-electron chi connectivity index (χ4n) is 3.99. The van der Waals surface area contributed by atoms with Gasteiger partial charge in [0.2, 0.25) is 0 Å². The van der Waals surface area contributed by atoms with E-state index in [4.69, 9.17) is 4.74 Å². The molecule has 1 aromatic rings. The first-order valence-electron chi connectivity index (χ1n) is 9.63. The van der Waals surface area contributed by atoms with Gasteiger partial charge in [0.05, 0.1) is 6.61 Å². The molecule has 0 aromatic heterocycles. The van der Waals surface area contributed by atoms with Crippen LogP contribution >= 0.6 is 0 Å². The lowest BCUT2D eigenvalue weighted by molar-refractivity contribution is -0.275. The van der Waals surface area contributed by atoms with E-state index in [1.807, 2.05) is 12.1 Å². The van der Waals surface area contributed by atoms with Gasteiger partial charge in [0, 0.05) is 5.56 Å². The monoisotopic (exact) mass is 368 g/mol. The van der Waals surface area contributed by atoms with Gasteiger partial charge in [-0.25, -0.2) is 0 Å². The van der Waals surface area contributed by atoms with Crippen LogP contribution < -0.4 is 9.47 Å². The first-order valence-corrected chi connectivity index (χ1v) is 9.63. The van der Waals surface area contributed by atoms with E-state index in [0.29, 0.717) is 24.0 Å². The van der Waals surface area contributed by atoms with Crippen molar-refractivity contribution in [2.75, 3.05) is 6.61 Å². The van der Waals surface area contributed by atoms with E-state index in [-0.39, 0.29) is 11.5 Å². The van der Waals surface area contributed by atoms with Crippen molar-refractivity contribution in [3.63, 3.8) is 0 Å². The Morgan fingerprint density at radius 1 is 1.04 bits per heavy atom. The molecule has 2 saturated carbocycles. The number of allylic oxidation sites excluding steroid dienone is 1. The number of benzene rings is 1. The summed E-state index contributed by atoms with van der Waals surface area (Å²) in [6, 6.07) is 3.44. The van der Waals surface area contributed by atoms with Gasteiger partial charge in [0.25, 0.3) is 0 Å². The van der Waals surface area contributed by atoms with Crippen molar-refractivity contribution in [2.45, 2.75) is 64.7 Å². The summed E-state index contributed by atoms with van der Waals surface area (Å²) in [5, 5.41) is 0. The maximum Gasteiger partial charge on any atom is 0.573 e. The summed E-state index contributed by atoms with van der Waals surface area (Å²) in [5.41, 5.74) is 1.23. The topological polar surface area (TPSA) is 18.5 Å². The van der Waals surface area contributed by atoms with E-state index < -0.39 is 6.36 Å². The van der Waals surface area contributed by atoms with Crippen molar-refractivity contribution in [3.05, 3.63) is 29.3 Å². The highest BCUT2D eigenvalue weighted by Gasteiger charge is 2.34. The minimum atomic E-state index is -4.73. The molecule has 0 bridgehead atoms. The number of ether oxygens (including phenoxy) is 2. The van der Waals surface area contributed by atoms with Crippen molar-refractivity contribution in [3.8, 4) is 11.5 Å². The first-order chi connectivity index (χ1) is 12.4. The summed E-state index contributed by atoms with van der Waals surface area (Å²) in [6.45, 7) is 2.11. The van der Waals surface area contributed by atoms with Gasteiger partial charge in [-0.15, -0.1) is 13.2 Å². The molecule has 0 unspecified atom stereocenters. The van der Waals surface area contributed by atoms with Gasteiger partial charge in [-0.05, 0) is 56.1 Å². The minimum Gasteiger partial charge on any atom is -0.489 e. The van der Waals surface area contributed by atoms with Crippen molar-refractivity contribution >= 4 is 6.08 Å². The van der Waals surface area contributed by atoms with Crippen LogP contribution in [-0.2, 0) is 0 Å². The molecule has 0 amide bonds. The fraction of sp³-hybridized carbons (Fsp3) is 0.619. The number of hydrogen-bond acceptors (Lipinski definition) is 2. The molecule has 0 atom stereocenters. The quantitative estimate of drug-likeness (QED) is 0.558. The Balaban J connectivity index is 1.79. The summed E-state index contributed by atoms with van der Waals surface area (Å²) in [4.78, 5) is 0.